The van der Waals surface area contributed by atoms with Gasteiger partial charge in [-0.05, 0) is 24.5 Å². The van der Waals surface area contributed by atoms with Crippen molar-refractivity contribution in [3.05, 3.63) is 29.8 Å². The normalized spacial score (nSPS) is 17.2. The van der Waals surface area contributed by atoms with Crippen LogP contribution in [-0.4, -0.2) is 43.7 Å². The number of para-hydroxylation sites is 1. The highest BCUT2D eigenvalue weighted by molar-refractivity contribution is 5.89. The number of quaternary nitrogens is 1. The van der Waals surface area contributed by atoms with Crippen LogP contribution in [0.15, 0.2) is 18.2 Å². The number of halogens is 2. The lowest BCUT2D eigenvalue weighted by Gasteiger charge is -2.34. The molecule has 0 aromatic heterocycles. The number of likely N-dealkylation sites (tertiary alicyclic amines) is 1. The number of anilines is 1. The van der Waals surface area contributed by atoms with E-state index in [1.54, 1.807) is 4.90 Å². The minimum Gasteiger partial charge on any atom is -0.335 e. The Balaban J connectivity index is 1.84. The minimum atomic E-state index is -0.754. The van der Waals surface area contributed by atoms with Crippen LogP contribution in [0.5, 0.6) is 0 Å². The summed E-state index contributed by atoms with van der Waals surface area (Å²) in [5.74, 6) is -0.811. The smallest absolute Gasteiger partial charge is 0.322 e. The Bertz CT molecular complexity index is 537. The monoisotopic (exact) mass is 340 g/mol. The highest BCUT2D eigenvalue weighted by atomic mass is 19.1. The fourth-order valence-corrected chi connectivity index (χ4v) is 3.10. The quantitative estimate of drug-likeness (QED) is 0.849. The van der Waals surface area contributed by atoms with Gasteiger partial charge in [-0.15, -0.1) is 0 Å². The molecule has 2 rings (SSSR count). The summed E-state index contributed by atoms with van der Waals surface area (Å²) in [6.07, 6.45) is 3.02. The third-order valence-corrected chi connectivity index (χ3v) is 4.79. The molecule has 2 N–H and O–H groups in total. The van der Waals surface area contributed by atoms with E-state index < -0.39 is 17.7 Å². The van der Waals surface area contributed by atoms with Gasteiger partial charge in [0.05, 0.1) is 19.6 Å². The number of benzene rings is 1. The lowest BCUT2D eigenvalue weighted by Crippen LogP contribution is -3.13. The standard InChI is InChI=1S/C18H27F2N3O/c1-13(2)7-10-22(3)14-8-11-23(12-9-14)18(24)21-17-15(19)5-4-6-16(17)20/h4-6,13-14H,7-12H2,1-3H3,(H,21,24)/p+1. The molecule has 1 unspecified atom stereocenters. The largest absolute Gasteiger partial charge is 0.335 e. The molecule has 4 nitrogen and oxygen atoms in total. The average Bonchev–Trinajstić information content (AvgIpc) is 2.56. The Morgan fingerprint density at radius 3 is 2.42 bits per heavy atom. The lowest BCUT2D eigenvalue weighted by molar-refractivity contribution is -0.907. The highest BCUT2D eigenvalue weighted by Crippen LogP contribution is 2.19. The molecule has 0 spiro atoms. The van der Waals surface area contributed by atoms with E-state index in [0.717, 1.165) is 31.5 Å². The number of amides is 2. The van der Waals surface area contributed by atoms with Gasteiger partial charge < -0.3 is 15.1 Å². The number of nitrogens with one attached hydrogen (secondary N) is 2. The number of nitrogens with zero attached hydrogens (tertiary/aromatic N) is 1. The molecule has 0 saturated carbocycles. The molecule has 6 heteroatoms. The van der Waals surface area contributed by atoms with E-state index in [-0.39, 0.29) is 5.69 Å². The predicted octanol–water partition coefficient (Wildman–Crippen LogP) is 2.52. The van der Waals surface area contributed by atoms with Crippen LogP contribution in [0.4, 0.5) is 19.3 Å². The SMILES string of the molecule is CC(C)CC[NH+](C)C1CCN(C(=O)Nc2c(F)cccc2F)CC1. The van der Waals surface area contributed by atoms with E-state index in [0.29, 0.717) is 25.0 Å². The van der Waals surface area contributed by atoms with Crippen LogP contribution in [-0.2, 0) is 0 Å². The van der Waals surface area contributed by atoms with E-state index in [9.17, 15) is 13.6 Å². The van der Waals surface area contributed by atoms with Crippen molar-refractivity contribution in [3.8, 4) is 0 Å². The first-order valence-electron chi connectivity index (χ1n) is 8.70. The molecule has 2 amide bonds. The fourth-order valence-electron chi connectivity index (χ4n) is 3.10. The Morgan fingerprint density at radius 2 is 1.88 bits per heavy atom. The van der Waals surface area contributed by atoms with Crippen molar-refractivity contribution in [2.24, 2.45) is 5.92 Å². The van der Waals surface area contributed by atoms with Gasteiger partial charge in [-0.3, -0.25) is 0 Å². The summed E-state index contributed by atoms with van der Waals surface area (Å²) >= 11 is 0. The zero-order valence-corrected chi connectivity index (χ0v) is 14.7. The number of rotatable bonds is 5. The van der Waals surface area contributed by atoms with Crippen molar-refractivity contribution in [2.75, 3.05) is 32.0 Å². The first-order valence-corrected chi connectivity index (χ1v) is 8.70. The zero-order chi connectivity index (χ0) is 17.7. The van der Waals surface area contributed by atoms with Crippen molar-refractivity contribution in [1.29, 1.82) is 0 Å². The van der Waals surface area contributed by atoms with Crippen LogP contribution >= 0.6 is 0 Å². The molecule has 1 atom stereocenters. The average molecular weight is 340 g/mol. The van der Waals surface area contributed by atoms with E-state index in [1.807, 2.05) is 0 Å². The second-order valence-electron chi connectivity index (χ2n) is 7.07. The van der Waals surface area contributed by atoms with Crippen LogP contribution in [0, 0.1) is 17.6 Å². The molecule has 1 aromatic rings. The number of piperidine rings is 1. The number of carbonyl (C=O) groups excluding carboxylic acids is 1. The zero-order valence-electron chi connectivity index (χ0n) is 14.7. The number of hydrogen-bond acceptors (Lipinski definition) is 1. The third-order valence-electron chi connectivity index (χ3n) is 4.79. The van der Waals surface area contributed by atoms with Gasteiger partial charge in [-0.2, -0.15) is 0 Å². The Morgan fingerprint density at radius 1 is 1.29 bits per heavy atom. The van der Waals surface area contributed by atoms with Gasteiger partial charge in [-0.25, -0.2) is 13.6 Å². The van der Waals surface area contributed by atoms with Gasteiger partial charge >= 0.3 is 6.03 Å². The van der Waals surface area contributed by atoms with Crippen molar-refractivity contribution in [1.82, 2.24) is 4.90 Å². The van der Waals surface area contributed by atoms with Gasteiger partial charge in [0.2, 0.25) is 0 Å². The molecule has 0 aliphatic carbocycles. The topological polar surface area (TPSA) is 36.8 Å². The van der Waals surface area contributed by atoms with E-state index in [1.165, 1.54) is 17.4 Å². The predicted molar refractivity (Wildman–Crippen MR) is 91.2 cm³/mol. The molecular formula is C18H28F2N3O+. The molecule has 134 valence electrons. The molecule has 1 aliphatic rings. The fraction of sp³-hybridized carbons (Fsp3) is 0.611. The summed E-state index contributed by atoms with van der Waals surface area (Å²) in [6, 6.07) is 3.66. The summed E-state index contributed by atoms with van der Waals surface area (Å²) in [7, 11) is 2.21. The molecule has 1 fully saturated rings. The summed E-state index contributed by atoms with van der Waals surface area (Å²) < 4.78 is 27.2. The van der Waals surface area contributed by atoms with Gasteiger partial charge in [0.15, 0.2) is 0 Å². The number of carbonyl (C=O) groups is 1. The molecule has 1 aromatic carbocycles. The summed E-state index contributed by atoms with van der Waals surface area (Å²) in [5.41, 5.74) is -0.371. The molecule has 1 saturated heterocycles. The second kappa shape index (κ2) is 8.42. The van der Waals surface area contributed by atoms with Gasteiger partial charge in [0, 0.05) is 25.9 Å². The molecular weight excluding hydrogens is 312 g/mol. The molecule has 1 heterocycles. The third kappa shape index (κ3) is 4.90. The Hall–Kier alpha value is -1.69. The Labute approximate surface area is 142 Å². The summed E-state index contributed by atoms with van der Waals surface area (Å²) in [6.45, 7) is 6.82. The van der Waals surface area contributed by atoms with Gasteiger partial charge in [0.1, 0.15) is 17.3 Å². The molecule has 24 heavy (non-hydrogen) atoms. The van der Waals surface area contributed by atoms with Crippen LogP contribution < -0.4 is 10.2 Å². The van der Waals surface area contributed by atoms with Crippen molar-refractivity contribution in [3.63, 3.8) is 0 Å². The van der Waals surface area contributed by atoms with Crippen LogP contribution in [0.1, 0.15) is 33.1 Å². The van der Waals surface area contributed by atoms with Crippen molar-refractivity contribution in [2.45, 2.75) is 39.2 Å². The van der Waals surface area contributed by atoms with Crippen LogP contribution in [0.2, 0.25) is 0 Å². The molecule has 1 aliphatic heterocycles. The lowest BCUT2D eigenvalue weighted by atomic mass is 10.0. The van der Waals surface area contributed by atoms with E-state index >= 15 is 0 Å². The Kier molecular flexibility index (Phi) is 6.54. The summed E-state index contributed by atoms with van der Waals surface area (Å²) in [5, 5.41) is 2.36. The van der Waals surface area contributed by atoms with Crippen molar-refractivity contribution < 1.29 is 18.5 Å². The number of hydrogen-bond donors (Lipinski definition) is 2. The van der Waals surface area contributed by atoms with Crippen LogP contribution in [0.25, 0.3) is 0 Å². The number of urea groups is 1. The van der Waals surface area contributed by atoms with Gasteiger partial charge in [-0.1, -0.05) is 19.9 Å². The molecule has 0 radical (unpaired) electrons. The maximum absolute atomic E-state index is 13.6. The second-order valence-corrected chi connectivity index (χ2v) is 7.07. The maximum Gasteiger partial charge on any atom is 0.322 e. The maximum atomic E-state index is 13.6. The highest BCUT2D eigenvalue weighted by Gasteiger charge is 2.28. The van der Waals surface area contributed by atoms with Crippen LogP contribution in [0.3, 0.4) is 0 Å². The minimum absolute atomic E-state index is 0.371. The van der Waals surface area contributed by atoms with E-state index in [2.05, 4.69) is 26.2 Å². The van der Waals surface area contributed by atoms with E-state index in [4.69, 9.17) is 0 Å². The summed E-state index contributed by atoms with van der Waals surface area (Å²) in [4.78, 5) is 15.4. The first-order chi connectivity index (χ1) is 11.4. The van der Waals surface area contributed by atoms with Crippen molar-refractivity contribution >= 4 is 11.7 Å². The first kappa shape index (κ1) is 18.6. The van der Waals surface area contributed by atoms with Gasteiger partial charge in [0.25, 0.3) is 0 Å². The molecule has 0 bridgehead atoms.